The number of hydrogen-bond donors (Lipinski definition) is 2. The molecule has 2 rings (SSSR count). The van der Waals surface area contributed by atoms with Crippen molar-refractivity contribution in [2.75, 3.05) is 18.1 Å². The van der Waals surface area contributed by atoms with Crippen LogP contribution in [0, 0.1) is 10.1 Å². The highest BCUT2D eigenvalue weighted by Gasteiger charge is 2.29. The molecule has 0 saturated carbocycles. The molecule has 0 spiro atoms. The first-order chi connectivity index (χ1) is 10.0. The quantitative estimate of drug-likeness (QED) is 0.637. The normalized spacial score (nSPS) is 19.1. The standard InChI is InChI=1S/C13H17N3O5/c17-8-9-4-2-1-3-7-15(9)12-11(16(20)21)6-5-10(14-12)13(18)19/h5-6,9,17H,1-4,7-8H2,(H,18,19). The highest BCUT2D eigenvalue weighted by molar-refractivity contribution is 5.86. The molecule has 0 aliphatic carbocycles. The van der Waals surface area contributed by atoms with E-state index in [1.165, 1.54) is 0 Å². The number of carbonyl (C=O) groups is 1. The Bertz CT molecular complexity index is 549. The smallest absolute Gasteiger partial charge is 0.354 e. The van der Waals surface area contributed by atoms with Crippen LogP contribution in [0.15, 0.2) is 12.1 Å². The number of anilines is 1. The number of nitro groups is 1. The topological polar surface area (TPSA) is 117 Å². The van der Waals surface area contributed by atoms with Crippen molar-refractivity contribution in [3.8, 4) is 0 Å². The molecule has 1 aliphatic heterocycles. The molecule has 1 aliphatic rings. The predicted molar refractivity (Wildman–Crippen MR) is 74.5 cm³/mol. The van der Waals surface area contributed by atoms with Crippen LogP contribution in [0.4, 0.5) is 11.5 Å². The highest BCUT2D eigenvalue weighted by Crippen LogP contribution is 2.30. The summed E-state index contributed by atoms with van der Waals surface area (Å²) in [6, 6.07) is 2.00. The zero-order valence-electron chi connectivity index (χ0n) is 11.4. The van der Waals surface area contributed by atoms with E-state index in [1.54, 1.807) is 4.90 Å². The Morgan fingerprint density at radius 2 is 2.19 bits per heavy atom. The summed E-state index contributed by atoms with van der Waals surface area (Å²) in [4.78, 5) is 27.2. The van der Waals surface area contributed by atoms with Crippen molar-refractivity contribution < 1.29 is 19.9 Å². The van der Waals surface area contributed by atoms with Gasteiger partial charge < -0.3 is 15.1 Å². The molecule has 1 atom stereocenters. The van der Waals surface area contributed by atoms with Crippen molar-refractivity contribution in [2.45, 2.75) is 31.7 Å². The monoisotopic (exact) mass is 295 g/mol. The van der Waals surface area contributed by atoms with Gasteiger partial charge in [-0.2, -0.15) is 0 Å². The third-order valence-corrected chi connectivity index (χ3v) is 3.63. The van der Waals surface area contributed by atoms with Crippen LogP contribution < -0.4 is 4.90 Å². The molecule has 8 nitrogen and oxygen atoms in total. The van der Waals surface area contributed by atoms with E-state index in [0.717, 1.165) is 31.4 Å². The van der Waals surface area contributed by atoms with Gasteiger partial charge in [-0.25, -0.2) is 9.78 Å². The number of aliphatic hydroxyl groups is 1. The van der Waals surface area contributed by atoms with Gasteiger partial charge in [0.15, 0.2) is 5.69 Å². The van der Waals surface area contributed by atoms with Gasteiger partial charge >= 0.3 is 11.7 Å². The minimum absolute atomic E-state index is 0.0286. The van der Waals surface area contributed by atoms with Gasteiger partial charge in [0.25, 0.3) is 0 Å². The van der Waals surface area contributed by atoms with E-state index in [0.29, 0.717) is 13.0 Å². The molecule has 1 fully saturated rings. The average molecular weight is 295 g/mol. The summed E-state index contributed by atoms with van der Waals surface area (Å²) in [6.07, 6.45) is 3.42. The van der Waals surface area contributed by atoms with Crippen LogP contribution in [0.5, 0.6) is 0 Å². The fourth-order valence-electron chi connectivity index (χ4n) is 2.56. The number of carboxylic acid groups (broad SMARTS) is 1. The Hall–Kier alpha value is -2.22. The van der Waals surface area contributed by atoms with E-state index in [2.05, 4.69) is 4.98 Å². The predicted octanol–water partition coefficient (Wildman–Crippen LogP) is 1.43. The molecule has 0 radical (unpaired) electrons. The molecule has 1 aromatic heterocycles. The van der Waals surface area contributed by atoms with Crippen molar-refractivity contribution >= 4 is 17.5 Å². The highest BCUT2D eigenvalue weighted by atomic mass is 16.6. The van der Waals surface area contributed by atoms with Crippen LogP contribution in [-0.2, 0) is 0 Å². The van der Waals surface area contributed by atoms with Crippen molar-refractivity contribution in [3.63, 3.8) is 0 Å². The lowest BCUT2D eigenvalue weighted by molar-refractivity contribution is -0.384. The lowest BCUT2D eigenvalue weighted by atomic mass is 10.1. The zero-order valence-corrected chi connectivity index (χ0v) is 11.4. The van der Waals surface area contributed by atoms with Crippen molar-refractivity contribution in [2.24, 2.45) is 0 Å². The minimum atomic E-state index is -1.23. The average Bonchev–Trinajstić information content (AvgIpc) is 2.71. The fourth-order valence-corrected chi connectivity index (χ4v) is 2.56. The molecule has 2 heterocycles. The van der Waals surface area contributed by atoms with Crippen LogP contribution >= 0.6 is 0 Å². The van der Waals surface area contributed by atoms with Gasteiger partial charge in [-0.1, -0.05) is 12.8 Å². The second-order valence-corrected chi connectivity index (χ2v) is 4.98. The second kappa shape index (κ2) is 6.49. The molecule has 0 aromatic carbocycles. The summed E-state index contributed by atoms with van der Waals surface area (Å²) in [5.41, 5.74) is -0.475. The number of hydrogen-bond acceptors (Lipinski definition) is 6. The number of pyridine rings is 1. The van der Waals surface area contributed by atoms with E-state index in [1.807, 2.05) is 0 Å². The van der Waals surface area contributed by atoms with Gasteiger partial charge in [0, 0.05) is 12.6 Å². The molecule has 1 unspecified atom stereocenters. The molecule has 1 saturated heterocycles. The van der Waals surface area contributed by atoms with Crippen molar-refractivity contribution in [3.05, 3.63) is 27.9 Å². The largest absolute Gasteiger partial charge is 0.477 e. The molecule has 2 N–H and O–H groups in total. The lowest BCUT2D eigenvalue weighted by Crippen LogP contribution is -2.38. The van der Waals surface area contributed by atoms with Crippen LogP contribution in [0.3, 0.4) is 0 Å². The van der Waals surface area contributed by atoms with E-state index < -0.39 is 10.9 Å². The number of aromatic nitrogens is 1. The van der Waals surface area contributed by atoms with Gasteiger partial charge in [-0.15, -0.1) is 0 Å². The van der Waals surface area contributed by atoms with Crippen LogP contribution in [0.2, 0.25) is 0 Å². The zero-order chi connectivity index (χ0) is 15.4. The number of nitrogens with zero attached hydrogens (tertiary/aromatic N) is 3. The molecular weight excluding hydrogens is 278 g/mol. The minimum Gasteiger partial charge on any atom is -0.477 e. The molecule has 1 aromatic rings. The number of rotatable bonds is 4. The molecule has 0 bridgehead atoms. The van der Waals surface area contributed by atoms with Gasteiger partial charge in [-0.05, 0) is 18.9 Å². The first kappa shape index (κ1) is 15.2. The Kier molecular flexibility index (Phi) is 4.69. The van der Waals surface area contributed by atoms with E-state index in [9.17, 15) is 20.0 Å². The maximum Gasteiger partial charge on any atom is 0.354 e. The Morgan fingerprint density at radius 3 is 2.81 bits per heavy atom. The summed E-state index contributed by atoms with van der Waals surface area (Å²) < 4.78 is 0. The summed E-state index contributed by atoms with van der Waals surface area (Å²) in [5, 5.41) is 29.7. The molecule has 21 heavy (non-hydrogen) atoms. The Labute approximate surface area is 121 Å². The maximum atomic E-state index is 11.2. The molecule has 0 amide bonds. The van der Waals surface area contributed by atoms with Crippen LogP contribution in [0.25, 0.3) is 0 Å². The lowest BCUT2D eigenvalue weighted by Gasteiger charge is -2.29. The maximum absolute atomic E-state index is 11.2. The third-order valence-electron chi connectivity index (χ3n) is 3.63. The van der Waals surface area contributed by atoms with Gasteiger partial charge in [-0.3, -0.25) is 10.1 Å². The molecule has 8 heteroatoms. The van der Waals surface area contributed by atoms with E-state index in [-0.39, 0.29) is 29.8 Å². The Morgan fingerprint density at radius 1 is 1.43 bits per heavy atom. The Balaban J connectivity index is 2.49. The molecular formula is C13H17N3O5. The first-order valence-electron chi connectivity index (χ1n) is 6.81. The molecule has 114 valence electrons. The van der Waals surface area contributed by atoms with Crippen molar-refractivity contribution in [1.29, 1.82) is 0 Å². The van der Waals surface area contributed by atoms with Gasteiger partial charge in [0.2, 0.25) is 5.82 Å². The second-order valence-electron chi connectivity index (χ2n) is 4.98. The van der Waals surface area contributed by atoms with Crippen LogP contribution in [-0.4, -0.2) is 45.3 Å². The fraction of sp³-hybridized carbons (Fsp3) is 0.538. The number of aliphatic hydroxyl groups excluding tert-OH is 1. The number of aromatic carboxylic acids is 1. The summed E-state index contributed by atoms with van der Waals surface area (Å²) in [7, 11) is 0. The number of carboxylic acids is 1. The first-order valence-corrected chi connectivity index (χ1v) is 6.81. The SMILES string of the molecule is O=C(O)c1ccc([N+](=O)[O-])c(N2CCCCCC2CO)n1. The van der Waals surface area contributed by atoms with Gasteiger partial charge in [0.1, 0.15) is 0 Å². The van der Waals surface area contributed by atoms with E-state index >= 15 is 0 Å². The van der Waals surface area contributed by atoms with Crippen molar-refractivity contribution in [1.82, 2.24) is 4.98 Å². The summed E-state index contributed by atoms with van der Waals surface area (Å²) in [5.74, 6) is -1.21. The third kappa shape index (κ3) is 3.27. The van der Waals surface area contributed by atoms with Crippen LogP contribution in [0.1, 0.15) is 36.2 Å². The summed E-state index contributed by atoms with van der Waals surface area (Å²) in [6.45, 7) is 0.373. The van der Waals surface area contributed by atoms with E-state index in [4.69, 9.17) is 5.11 Å². The summed E-state index contributed by atoms with van der Waals surface area (Å²) >= 11 is 0. The van der Waals surface area contributed by atoms with Gasteiger partial charge in [0.05, 0.1) is 17.6 Å².